The van der Waals surface area contributed by atoms with Crippen LogP contribution in [-0.2, 0) is 23.4 Å². The van der Waals surface area contributed by atoms with Gasteiger partial charge in [-0.1, -0.05) is 0 Å². The highest BCUT2D eigenvalue weighted by atomic mass is 16.7. The lowest BCUT2D eigenvalue weighted by Gasteiger charge is -2.32. The standard InChI is InChI=1S/C20H34B2O5/c1-13(23)14-10-11-15(21-24-17(2,3)18(4,5)25-21)16(12-14)22-26-19(6,7)20(8,9)27-22/h14H,10-12H2,1-9H3. The van der Waals surface area contributed by atoms with E-state index in [1.54, 1.807) is 6.92 Å². The fourth-order valence-electron chi connectivity index (χ4n) is 3.82. The maximum atomic E-state index is 12.1. The molecule has 0 N–H and O–H groups in total. The molecule has 5 nitrogen and oxygen atoms in total. The third-order valence-electron chi connectivity index (χ3n) is 7.29. The van der Waals surface area contributed by atoms with Crippen LogP contribution < -0.4 is 0 Å². The van der Waals surface area contributed by atoms with Gasteiger partial charge in [0.25, 0.3) is 0 Å². The third kappa shape index (κ3) is 3.57. The minimum Gasteiger partial charge on any atom is -0.400 e. The van der Waals surface area contributed by atoms with Gasteiger partial charge < -0.3 is 18.6 Å². The van der Waals surface area contributed by atoms with Gasteiger partial charge in [-0.3, -0.25) is 4.79 Å². The molecule has 2 heterocycles. The van der Waals surface area contributed by atoms with Crippen molar-refractivity contribution in [2.24, 2.45) is 5.92 Å². The first-order valence-corrected chi connectivity index (χ1v) is 10.1. The molecule has 2 saturated heterocycles. The molecule has 0 amide bonds. The molecular weight excluding hydrogens is 342 g/mol. The number of ketones is 1. The Balaban J connectivity index is 1.97. The van der Waals surface area contributed by atoms with Crippen molar-refractivity contribution in [3.63, 3.8) is 0 Å². The van der Waals surface area contributed by atoms with Crippen molar-refractivity contribution in [2.45, 2.75) is 104 Å². The van der Waals surface area contributed by atoms with Gasteiger partial charge in [0.05, 0.1) is 22.4 Å². The molecule has 0 aromatic rings. The molecule has 0 saturated carbocycles. The highest BCUT2D eigenvalue weighted by Crippen LogP contribution is 2.46. The van der Waals surface area contributed by atoms with E-state index in [0.29, 0.717) is 6.42 Å². The van der Waals surface area contributed by atoms with E-state index in [-0.39, 0.29) is 11.7 Å². The minimum atomic E-state index is -0.467. The van der Waals surface area contributed by atoms with Crippen LogP contribution in [-0.4, -0.2) is 42.4 Å². The maximum absolute atomic E-state index is 12.1. The molecule has 0 aromatic carbocycles. The zero-order valence-corrected chi connectivity index (χ0v) is 18.4. The Labute approximate surface area is 164 Å². The van der Waals surface area contributed by atoms with Crippen molar-refractivity contribution in [1.82, 2.24) is 0 Å². The van der Waals surface area contributed by atoms with E-state index < -0.39 is 36.6 Å². The predicted octanol–water partition coefficient (Wildman–Crippen LogP) is 3.93. The summed E-state index contributed by atoms with van der Waals surface area (Å²) in [5, 5.41) is 0. The zero-order valence-electron chi connectivity index (χ0n) is 18.4. The Morgan fingerprint density at radius 3 is 1.52 bits per heavy atom. The Hall–Kier alpha value is -0.620. The Morgan fingerprint density at radius 2 is 1.15 bits per heavy atom. The number of Topliss-reactive ketones (excluding diaryl/α,β-unsaturated/α-hetero) is 1. The van der Waals surface area contributed by atoms with Crippen molar-refractivity contribution in [1.29, 1.82) is 0 Å². The zero-order chi connectivity index (χ0) is 20.4. The van der Waals surface area contributed by atoms with Gasteiger partial charge in [0, 0.05) is 5.92 Å². The lowest BCUT2D eigenvalue weighted by atomic mass is 9.57. The second kappa shape index (κ2) is 6.44. The van der Waals surface area contributed by atoms with Gasteiger partial charge in [-0.25, -0.2) is 0 Å². The quantitative estimate of drug-likeness (QED) is 0.699. The first kappa shape index (κ1) is 21.1. The van der Waals surface area contributed by atoms with Crippen LogP contribution in [0.4, 0.5) is 0 Å². The molecule has 2 fully saturated rings. The number of carbonyl (C=O) groups excluding carboxylic acids is 1. The van der Waals surface area contributed by atoms with Crippen LogP contribution in [0.1, 0.15) is 81.6 Å². The first-order chi connectivity index (χ1) is 12.2. The van der Waals surface area contributed by atoms with Crippen LogP contribution in [0.25, 0.3) is 0 Å². The van der Waals surface area contributed by atoms with Crippen molar-refractivity contribution in [3.05, 3.63) is 10.9 Å². The summed E-state index contributed by atoms with van der Waals surface area (Å²) in [7, 11) is -0.886. The third-order valence-corrected chi connectivity index (χ3v) is 7.29. The summed E-state index contributed by atoms with van der Waals surface area (Å²) in [4.78, 5) is 12.1. The number of hydrogen-bond donors (Lipinski definition) is 0. The SMILES string of the molecule is CC(=O)C1CCC(B2OC(C)(C)C(C)(C)O2)=C(B2OC(C)(C)C(C)(C)O2)C1. The van der Waals surface area contributed by atoms with E-state index in [2.05, 4.69) is 27.7 Å². The minimum absolute atomic E-state index is 0.00481. The second-order valence-electron chi connectivity index (χ2n) is 10.3. The molecule has 3 rings (SSSR count). The van der Waals surface area contributed by atoms with Gasteiger partial charge in [-0.15, -0.1) is 0 Å². The molecule has 0 bridgehead atoms. The lowest BCUT2D eigenvalue weighted by Crippen LogP contribution is -2.41. The molecule has 7 heteroatoms. The molecule has 0 radical (unpaired) electrons. The topological polar surface area (TPSA) is 54.0 Å². The summed E-state index contributed by atoms with van der Waals surface area (Å²) in [5.41, 5.74) is 0.471. The van der Waals surface area contributed by atoms with E-state index in [9.17, 15) is 4.79 Å². The number of allylic oxidation sites excluding steroid dienone is 2. The Kier molecular flexibility index (Phi) is 5.04. The predicted molar refractivity (Wildman–Crippen MR) is 107 cm³/mol. The molecule has 1 atom stereocenters. The number of hydrogen-bond acceptors (Lipinski definition) is 5. The number of rotatable bonds is 3. The highest BCUT2D eigenvalue weighted by molar-refractivity contribution is 6.62. The van der Waals surface area contributed by atoms with Crippen molar-refractivity contribution >= 4 is 20.0 Å². The maximum Gasteiger partial charge on any atom is 0.489 e. The molecule has 150 valence electrons. The molecule has 1 unspecified atom stereocenters. The van der Waals surface area contributed by atoms with Crippen LogP contribution in [0.3, 0.4) is 0 Å². The van der Waals surface area contributed by atoms with E-state index in [4.69, 9.17) is 18.6 Å². The highest BCUT2D eigenvalue weighted by Gasteiger charge is 2.57. The first-order valence-electron chi connectivity index (χ1n) is 10.1. The van der Waals surface area contributed by atoms with Gasteiger partial charge in [-0.05, 0) is 92.5 Å². The van der Waals surface area contributed by atoms with Crippen molar-refractivity contribution in [3.8, 4) is 0 Å². The van der Waals surface area contributed by atoms with Gasteiger partial charge in [-0.2, -0.15) is 0 Å². The Bertz CT molecular complexity index is 633. The second-order valence-corrected chi connectivity index (χ2v) is 10.3. The van der Waals surface area contributed by atoms with Gasteiger partial charge in [0.1, 0.15) is 5.78 Å². The van der Waals surface area contributed by atoms with Crippen LogP contribution in [0.5, 0.6) is 0 Å². The summed E-state index contributed by atoms with van der Waals surface area (Å²) in [6.07, 6.45) is 2.23. The number of carbonyl (C=O) groups is 1. The largest absolute Gasteiger partial charge is 0.489 e. The lowest BCUT2D eigenvalue weighted by molar-refractivity contribution is -0.120. The van der Waals surface area contributed by atoms with Gasteiger partial charge >= 0.3 is 14.2 Å². The van der Waals surface area contributed by atoms with Gasteiger partial charge in [0.15, 0.2) is 0 Å². The monoisotopic (exact) mass is 376 g/mol. The summed E-state index contributed by atoms with van der Waals surface area (Å²) < 4.78 is 25.3. The normalized spacial score (nSPS) is 31.5. The molecule has 3 aliphatic rings. The van der Waals surface area contributed by atoms with E-state index in [0.717, 1.165) is 23.8 Å². The summed E-state index contributed by atoms with van der Waals surface area (Å²) in [6.45, 7) is 18.1. The van der Waals surface area contributed by atoms with Crippen molar-refractivity contribution in [2.75, 3.05) is 0 Å². The summed E-state index contributed by atoms with van der Waals surface area (Å²) in [6, 6.07) is 0. The molecule has 0 aromatic heterocycles. The molecule has 1 aliphatic carbocycles. The van der Waals surface area contributed by atoms with Crippen LogP contribution in [0.2, 0.25) is 0 Å². The van der Waals surface area contributed by atoms with E-state index in [1.807, 2.05) is 27.7 Å². The summed E-state index contributed by atoms with van der Waals surface area (Å²) in [5.74, 6) is 0.224. The van der Waals surface area contributed by atoms with E-state index >= 15 is 0 Å². The average Bonchev–Trinajstić information content (AvgIpc) is 2.86. The molecular formula is C20H34B2O5. The molecule has 2 aliphatic heterocycles. The molecule has 0 spiro atoms. The van der Waals surface area contributed by atoms with Crippen LogP contribution in [0, 0.1) is 5.92 Å². The fraction of sp³-hybridized carbons (Fsp3) is 0.850. The smallest absolute Gasteiger partial charge is 0.400 e. The van der Waals surface area contributed by atoms with Gasteiger partial charge in [0.2, 0.25) is 0 Å². The van der Waals surface area contributed by atoms with Crippen LogP contribution in [0.15, 0.2) is 10.9 Å². The molecule has 27 heavy (non-hydrogen) atoms. The fourth-order valence-corrected chi connectivity index (χ4v) is 3.82. The Morgan fingerprint density at radius 1 is 0.778 bits per heavy atom. The van der Waals surface area contributed by atoms with Crippen molar-refractivity contribution < 1.29 is 23.4 Å². The summed E-state index contributed by atoms with van der Waals surface area (Å²) >= 11 is 0. The average molecular weight is 376 g/mol. The van der Waals surface area contributed by atoms with Crippen LogP contribution >= 0.6 is 0 Å². The van der Waals surface area contributed by atoms with E-state index in [1.165, 1.54) is 0 Å².